The molecule has 0 radical (unpaired) electrons. The quantitative estimate of drug-likeness (QED) is 0.848. The molecule has 6 nitrogen and oxygen atoms in total. The number of ether oxygens (including phenoxy) is 1. The molecule has 9 heteroatoms. The van der Waals surface area contributed by atoms with Gasteiger partial charge in [-0.3, -0.25) is 4.79 Å². The molecule has 3 rings (SSSR count). The first-order valence-corrected chi connectivity index (χ1v) is 9.22. The summed E-state index contributed by atoms with van der Waals surface area (Å²) in [5.74, 6) is -0.352. The summed E-state index contributed by atoms with van der Waals surface area (Å²) in [5.41, 5.74) is 0.831. The first kappa shape index (κ1) is 20.3. The Labute approximate surface area is 161 Å². The van der Waals surface area contributed by atoms with Crippen molar-refractivity contribution in [2.75, 3.05) is 13.2 Å². The van der Waals surface area contributed by atoms with Crippen LogP contribution in [0.1, 0.15) is 30.2 Å². The summed E-state index contributed by atoms with van der Waals surface area (Å²) in [6, 6.07) is 4.97. The number of benzene rings is 1. The van der Waals surface area contributed by atoms with E-state index in [0.717, 1.165) is 17.8 Å². The number of hydrogen-bond acceptors (Lipinski definition) is 4. The summed E-state index contributed by atoms with van der Waals surface area (Å²) in [6.07, 6.45) is -1.87. The highest BCUT2D eigenvalue weighted by Gasteiger charge is 2.30. The molecule has 1 aliphatic rings. The summed E-state index contributed by atoms with van der Waals surface area (Å²) < 4.78 is 45.6. The van der Waals surface area contributed by atoms with Crippen LogP contribution in [0.25, 0.3) is 0 Å². The predicted octanol–water partition coefficient (Wildman–Crippen LogP) is 2.83. The van der Waals surface area contributed by atoms with Gasteiger partial charge in [0.25, 0.3) is 0 Å². The first-order valence-electron chi connectivity index (χ1n) is 9.22. The van der Waals surface area contributed by atoms with Gasteiger partial charge in [-0.15, -0.1) is 5.10 Å². The molecular weight excluding hydrogens is 373 g/mol. The van der Waals surface area contributed by atoms with E-state index in [2.05, 4.69) is 15.6 Å². The van der Waals surface area contributed by atoms with Crippen LogP contribution >= 0.6 is 0 Å². The Hall–Kier alpha value is -2.42. The number of fused-ring (bicyclic) bond motifs is 1. The zero-order chi connectivity index (χ0) is 20.1. The number of nitrogens with one attached hydrogen (secondary N) is 1. The third kappa shape index (κ3) is 5.31. The van der Waals surface area contributed by atoms with E-state index < -0.39 is 11.7 Å². The van der Waals surface area contributed by atoms with E-state index in [1.807, 2.05) is 6.92 Å². The van der Waals surface area contributed by atoms with E-state index >= 15 is 0 Å². The molecule has 2 heterocycles. The van der Waals surface area contributed by atoms with Crippen LogP contribution in [0.2, 0.25) is 0 Å². The molecule has 1 aliphatic heterocycles. The molecule has 28 heavy (non-hydrogen) atoms. The van der Waals surface area contributed by atoms with Crippen LogP contribution in [-0.4, -0.2) is 34.1 Å². The second kappa shape index (κ2) is 8.72. The van der Waals surface area contributed by atoms with Crippen LogP contribution < -0.4 is 5.32 Å². The number of aryl methyl sites for hydroxylation is 1. The summed E-state index contributed by atoms with van der Waals surface area (Å²) in [5, 5.41) is 10.9. The average Bonchev–Trinajstić information content (AvgIpc) is 3.09. The van der Waals surface area contributed by atoms with E-state index in [1.54, 1.807) is 10.9 Å². The number of aromatic nitrogens is 3. The molecule has 1 N–H and O–H groups in total. The lowest BCUT2D eigenvalue weighted by molar-refractivity contribution is -0.137. The molecule has 1 aromatic carbocycles. The Morgan fingerprint density at radius 1 is 1.29 bits per heavy atom. The van der Waals surface area contributed by atoms with Gasteiger partial charge in [0.2, 0.25) is 5.91 Å². The molecule has 0 saturated carbocycles. The molecular formula is C19H23F3N4O2. The van der Waals surface area contributed by atoms with Gasteiger partial charge in [-0.25, -0.2) is 4.68 Å². The Morgan fingerprint density at radius 3 is 2.75 bits per heavy atom. The van der Waals surface area contributed by atoms with Crippen LogP contribution in [0.4, 0.5) is 13.2 Å². The first-order chi connectivity index (χ1) is 13.3. The lowest BCUT2D eigenvalue weighted by atomic mass is 9.94. The van der Waals surface area contributed by atoms with Crippen LogP contribution in [0, 0.1) is 11.8 Å². The molecule has 0 fully saturated rings. The van der Waals surface area contributed by atoms with Gasteiger partial charge in [0.15, 0.2) is 0 Å². The van der Waals surface area contributed by atoms with E-state index in [9.17, 15) is 18.0 Å². The molecule has 0 bridgehead atoms. The maximum absolute atomic E-state index is 12.8. The van der Waals surface area contributed by atoms with Crippen LogP contribution in [0.5, 0.6) is 0 Å². The number of carbonyl (C=O) groups is 1. The van der Waals surface area contributed by atoms with Crippen molar-refractivity contribution in [1.82, 2.24) is 20.3 Å². The molecule has 0 aliphatic carbocycles. The van der Waals surface area contributed by atoms with Gasteiger partial charge in [0, 0.05) is 19.0 Å². The second-order valence-corrected chi connectivity index (χ2v) is 7.20. The van der Waals surface area contributed by atoms with Crippen molar-refractivity contribution in [3.05, 3.63) is 47.3 Å². The number of rotatable bonds is 2. The smallest absolute Gasteiger partial charge is 0.375 e. The van der Waals surface area contributed by atoms with E-state index in [0.29, 0.717) is 44.7 Å². The molecule has 0 saturated heterocycles. The Morgan fingerprint density at radius 2 is 2.04 bits per heavy atom. The Kier molecular flexibility index (Phi) is 6.33. The van der Waals surface area contributed by atoms with Crippen molar-refractivity contribution in [3.63, 3.8) is 0 Å². The van der Waals surface area contributed by atoms with Crippen molar-refractivity contribution < 1.29 is 22.7 Å². The number of nitrogens with zero attached hydrogens (tertiary/aromatic N) is 3. The fourth-order valence-electron chi connectivity index (χ4n) is 3.14. The molecule has 1 amide bonds. The maximum Gasteiger partial charge on any atom is 0.416 e. The highest BCUT2D eigenvalue weighted by atomic mass is 19.4. The standard InChI is InChI=1S/C19H23F3N4O2/c1-13-9-23-18(27)15(6-7-26-17(10-24-25-26)12-28-11-13)8-14-2-4-16(5-3-14)19(20,21)22/h2-5,10,13,15H,6-9,11-12H2,1H3,(H,23,27)/t13-,15-/m1/s1. The van der Waals surface area contributed by atoms with Crippen molar-refractivity contribution in [1.29, 1.82) is 0 Å². The lowest BCUT2D eigenvalue weighted by Gasteiger charge is -2.21. The predicted molar refractivity (Wildman–Crippen MR) is 95.1 cm³/mol. The van der Waals surface area contributed by atoms with Gasteiger partial charge in [-0.1, -0.05) is 24.3 Å². The van der Waals surface area contributed by atoms with Crippen molar-refractivity contribution in [2.45, 2.75) is 39.1 Å². The molecule has 0 spiro atoms. The molecule has 2 aromatic rings. The lowest BCUT2D eigenvalue weighted by Crippen LogP contribution is -2.36. The average molecular weight is 396 g/mol. The van der Waals surface area contributed by atoms with Gasteiger partial charge < -0.3 is 10.1 Å². The van der Waals surface area contributed by atoms with E-state index in [-0.39, 0.29) is 17.7 Å². The van der Waals surface area contributed by atoms with Crippen LogP contribution in [0.3, 0.4) is 0 Å². The zero-order valence-electron chi connectivity index (χ0n) is 15.6. The largest absolute Gasteiger partial charge is 0.416 e. The number of alkyl halides is 3. The number of hydrogen-bond donors (Lipinski definition) is 1. The summed E-state index contributed by atoms with van der Waals surface area (Å²) in [7, 11) is 0. The zero-order valence-corrected chi connectivity index (χ0v) is 15.6. The molecule has 1 aromatic heterocycles. The van der Waals surface area contributed by atoms with Crippen molar-refractivity contribution in [2.24, 2.45) is 11.8 Å². The monoisotopic (exact) mass is 396 g/mol. The van der Waals surface area contributed by atoms with Crippen molar-refractivity contribution in [3.8, 4) is 0 Å². The topological polar surface area (TPSA) is 69.0 Å². The third-order valence-electron chi connectivity index (χ3n) is 4.80. The minimum absolute atomic E-state index is 0.117. The van der Waals surface area contributed by atoms with Crippen LogP contribution in [0.15, 0.2) is 30.5 Å². The summed E-state index contributed by atoms with van der Waals surface area (Å²) in [4.78, 5) is 12.7. The molecule has 152 valence electrons. The third-order valence-corrected chi connectivity index (χ3v) is 4.80. The minimum Gasteiger partial charge on any atom is -0.375 e. The highest BCUT2D eigenvalue weighted by molar-refractivity contribution is 5.78. The van der Waals surface area contributed by atoms with E-state index in [1.165, 1.54) is 12.1 Å². The van der Waals surface area contributed by atoms with E-state index in [4.69, 9.17) is 4.74 Å². The maximum atomic E-state index is 12.8. The highest BCUT2D eigenvalue weighted by Crippen LogP contribution is 2.29. The molecule has 0 unspecified atom stereocenters. The summed E-state index contributed by atoms with van der Waals surface area (Å²) in [6.45, 7) is 3.84. The van der Waals surface area contributed by atoms with Gasteiger partial charge in [-0.05, 0) is 36.5 Å². The fourth-order valence-corrected chi connectivity index (χ4v) is 3.14. The number of amides is 1. The van der Waals surface area contributed by atoms with Crippen LogP contribution in [-0.2, 0) is 35.3 Å². The van der Waals surface area contributed by atoms with Gasteiger partial charge in [-0.2, -0.15) is 13.2 Å². The normalized spacial score (nSPS) is 21.9. The minimum atomic E-state index is -4.37. The van der Waals surface area contributed by atoms with Gasteiger partial charge in [0.1, 0.15) is 0 Å². The number of halogens is 3. The second-order valence-electron chi connectivity index (χ2n) is 7.20. The number of carbonyl (C=O) groups excluding carboxylic acids is 1. The van der Waals surface area contributed by atoms with Crippen molar-refractivity contribution >= 4 is 5.91 Å². The summed E-state index contributed by atoms with van der Waals surface area (Å²) >= 11 is 0. The fraction of sp³-hybridized carbons (Fsp3) is 0.526. The molecule has 2 atom stereocenters. The van der Waals surface area contributed by atoms with Gasteiger partial charge >= 0.3 is 6.18 Å². The van der Waals surface area contributed by atoms with Gasteiger partial charge in [0.05, 0.1) is 30.7 Å². The SMILES string of the molecule is C[C@@H]1CNC(=O)[C@@H](Cc2ccc(C(F)(F)F)cc2)CCn2nncc2COC1. The Balaban J connectivity index is 1.75. The Bertz CT molecular complexity index is 789.